The molecule has 0 atom stereocenters. The van der Waals surface area contributed by atoms with Gasteiger partial charge in [0.1, 0.15) is 5.82 Å². The molecule has 0 aliphatic heterocycles. The lowest BCUT2D eigenvalue weighted by atomic mass is 10.1. The van der Waals surface area contributed by atoms with Crippen molar-refractivity contribution >= 4 is 34.2 Å². The second-order valence-electron chi connectivity index (χ2n) is 5.93. The molecular weight excluding hydrogens is 335 g/mol. The fourth-order valence-corrected chi connectivity index (χ4v) is 2.47. The number of carbonyl (C=O) groups is 2. The van der Waals surface area contributed by atoms with E-state index in [4.69, 9.17) is 0 Å². The van der Waals surface area contributed by atoms with Crippen LogP contribution in [-0.2, 0) is 4.79 Å². The maximum Gasteiger partial charge on any atom is 0.255 e. The average Bonchev–Trinajstić information content (AvgIpc) is 2.58. The monoisotopic (exact) mass is 352 g/mol. The van der Waals surface area contributed by atoms with Gasteiger partial charge in [0.25, 0.3) is 5.91 Å². The van der Waals surface area contributed by atoms with Gasteiger partial charge in [-0.25, -0.2) is 14.4 Å². The van der Waals surface area contributed by atoms with Crippen LogP contribution in [0.5, 0.6) is 0 Å². The van der Waals surface area contributed by atoms with Gasteiger partial charge in [-0.05, 0) is 50.2 Å². The molecule has 7 heteroatoms. The molecule has 132 valence electrons. The highest BCUT2D eigenvalue weighted by Gasteiger charge is 2.12. The molecule has 0 bridgehead atoms. The van der Waals surface area contributed by atoms with Gasteiger partial charge in [0.05, 0.1) is 28.1 Å². The third kappa shape index (κ3) is 3.66. The quantitative estimate of drug-likeness (QED) is 0.754. The van der Waals surface area contributed by atoms with Crippen molar-refractivity contribution in [3.8, 4) is 0 Å². The summed E-state index contributed by atoms with van der Waals surface area (Å²) in [6.45, 7) is 5.06. The van der Waals surface area contributed by atoms with Gasteiger partial charge in [-0.15, -0.1) is 0 Å². The van der Waals surface area contributed by atoms with Gasteiger partial charge in [0.2, 0.25) is 5.91 Å². The molecule has 3 rings (SSSR count). The highest BCUT2D eigenvalue weighted by atomic mass is 19.1. The van der Waals surface area contributed by atoms with Gasteiger partial charge in [-0.3, -0.25) is 9.59 Å². The molecule has 2 N–H and O–H groups in total. The molecule has 0 aliphatic rings. The minimum atomic E-state index is -0.598. The van der Waals surface area contributed by atoms with Gasteiger partial charge in [0.15, 0.2) is 0 Å². The molecule has 2 amide bonds. The van der Waals surface area contributed by atoms with Crippen molar-refractivity contribution in [3.05, 3.63) is 59.2 Å². The Labute approximate surface area is 149 Å². The Morgan fingerprint density at radius 3 is 2.31 bits per heavy atom. The second kappa shape index (κ2) is 6.87. The summed E-state index contributed by atoms with van der Waals surface area (Å²) < 4.78 is 14.0. The minimum Gasteiger partial charge on any atom is -0.326 e. The van der Waals surface area contributed by atoms with Crippen molar-refractivity contribution in [2.75, 3.05) is 10.6 Å². The molecule has 3 aromatic rings. The van der Waals surface area contributed by atoms with E-state index in [1.54, 1.807) is 18.2 Å². The van der Waals surface area contributed by atoms with Crippen molar-refractivity contribution in [3.63, 3.8) is 0 Å². The van der Waals surface area contributed by atoms with E-state index in [1.807, 2.05) is 13.8 Å². The van der Waals surface area contributed by atoms with E-state index in [0.29, 0.717) is 22.3 Å². The SMILES string of the molecule is CC(=O)Nc1ccc(F)c(NC(=O)c2ccc3nc(C)c(C)nc3c2)c1. The van der Waals surface area contributed by atoms with Crippen LogP contribution in [0.25, 0.3) is 11.0 Å². The average molecular weight is 352 g/mol. The number of halogens is 1. The summed E-state index contributed by atoms with van der Waals surface area (Å²) in [5.74, 6) is -1.36. The van der Waals surface area contributed by atoms with Gasteiger partial charge in [-0.2, -0.15) is 0 Å². The predicted molar refractivity (Wildman–Crippen MR) is 97.7 cm³/mol. The van der Waals surface area contributed by atoms with Gasteiger partial charge in [-0.1, -0.05) is 0 Å². The molecule has 6 nitrogen and oxygen atoms in total. The maximum atomic E-state index is 14.0. The van der Waals surface area contributed by atoms with Crippen LogP contribution in [-0.4, -0.2) is 21.8 Å². The van der Waals surface area contributed by atoms with Crippen molar-refractivity contribution in [1.29, 1.82) is 0 Å². The first-order valence-electron chi connectivity index (χ1n) is 7.97. The van der Waals surface area contributed by atoms with Crippen LogP contribution in [0.3, 0.4) is 0 Å². The number of hydrogen-bond acceptors (Lipinski definition) is 4. The Morgan fingerprint density at radius 1 is 0.923 bits per heavy atom. The number of amides is 2. The van der Waals surface area contributed by atoms with Crippen LogP contribution in [0.4, 0.5) is 15.8 Å². The number of aryl methyl sites for hydroxylation is 2. The van der Waals surface area contributed by atoms with E-state index < -0.39 is 11.7 Å². The highest BCUT2D eigenvalue weighted by Crippen LogP contribution is 2.21. The summed E-state index contributed by atoms with van der Waals surface area (Å²) in [6, 6.07) is 8.88. The first-order valence-corrected chi connectivity index (χ1v) is 7.97. The lowest BCUT2D eigenvalue weighted by Gasteiger charge is -2.10. The Bertz CT molecular complexity index is 1030. The molecule has 26 heavy (non-hydrogen) atoms. The van der Waals surface area contributed by atoms with Crippen molar-refractivity contribution < 1.29 is 14.0 Å². The van der Waals surface area contributed by atoms with Gasteiger partial charge < -0.3 is 10.6 Å². The number of nitrogens with one attached hydrogen (secondary N) is 2. The summed E-state index contributed by atoms with van der Waals surface area (Å²) in [6.07, 6.45) is 0. The molecule has 0 saturated heterocycles. The van der Waals surface area contributed by atoms with Crippen LogP contribution in [0.1, 0.15) is 28.7 Å². The van der Waals surface area contributed by atoms with Gasteiger partial charge >= 0.3 is 0 Å². The molecule has 0 unspecified atom stereocenters. The Morgan fingerprint density at radius 2 is 1.62 bits per heavy atom. The first-order chi connectivity index (χ1) is 12.3. The summed E-state index contributed by atoms with van der Waals surface area (Å²) in [5.41, 5.74) is 3.59. The fraction of sp³-hybridized carbons (Fsp3) is 0.158. The van der Waals surface area contributed by atoms with Crippen LogP contribution in [0, 0.1) is 19.7 Å². The molecule has 0 saturated carbocycles. The second-order valence-corrected chi connectivity index (χ2v) is 5.93. The number of aromatic nitrogens is 2. The molecule has 0 radical (unpaired) electrons. The van der Waals surface area contributed by atoms with Gasteiger partial charge in [0, 0.05) is 18.2 Å². The standard InChI is InChI=1S/C19H17FN4O2/c1-10-11(2)22-18-8-13(4-7-16(18)21-10)19(26)24-17-9-14(23-12(3)25)5-6-15(17)20/h4-9H,1-3H3,(H,23,25)(H,24,26). The zero-order chi connectivity index (χ0) is 18.8. The largest absolute Gasteiger partial charge is 0.326 e. The smallest absolute Gasteiger partial charge is 0.255 e. The van der Waals surface area contributed by atoms with Crippen LogP contribution >= 0.6 is 0 Å². The third-order valence-corrected chi connectivity index (χ3v) is 3.87. The number of fused-ring (bicyclic) bond motifs is 1. The van der Waals surface area contributed by atoms with E-state index in [1.165, 1.54) is 25.1 Å². The molecule has 0 fully saturated rings. The Kier molecular flexibility index (Phi) is 4.62. The number of carbonyl (C=O) groups excluding carboxylic acids is 2. The molecule has 2 aromatic carbocycles. The molecule has 0 spiro atoms. The molecule has 1 aromatic heterocycles. The topological polar surface area (TPSA) is 84.0 Å². The zero-order valence-corrected chi connectivity index (χ0v) is 14.6. The summed E-state index contributed by atoms with van der Waals surface area (Å²) in [7, 11) is 0. The maximum absolute atomic E-state index is 14.0. The first kappa shape index (κ1) is 17.5. The van der Waals surface area contributed by atoms with E-state index in [0.717, 1.165) is 11.4 Å². The lowest BCUT2D eigenvalue weighted by Crippen LogP contribution is -2.14. The molecule has 1 heterocycles. The Hall–Kier alpha value is -3.35. The van der Waals surface area contributed by atoms with Crippen molar-refractivity contribution in [1.82, 2.24) is 9.97 Å². The number of benzene rings is 2. The number of rotatable bonds is 3. The van der Waals surface area contributed by atoms with E-state index >= 15 is 0 Å². The van der Waals surface area contributed by atoms with Crippen molar-refractivity contribution in [2.24, 2.45) is 0 Å². The number of hydrogen-bond donors (Lipinski definition) is 2. The minimum absolute atomic E-state index is 0.0208. The summed E-state index contributed by atoms with van der Waals surface area (Å²) >= 11 is 0. The number of anilines is 2. The number of nitrogens with zero attached hydrogens (tertiary/aromatic N) is 2. The lowest BCUT2D eigenvalue weighted by molar-refractivity contribution is -0.114. The Balaban J connectivity index is 1.89. The van der Waals surface area contributed by atoms with E-state index in [-0.39, 0.29) is 11.6 Å². The van der Waals surface area contributed by atoms with Crippen molar-refractivity contribution in [2.45, 2.75) is 20.8 Å². The predicted octanol–water partition coefficient (Wildman–Crippen LogP) is 3.60. The fourth-order valence-electron chi connectivity index (χ4n) is 2.47. The third-order valence-electron chi connectivity index (χ3n) is 3.87. The normalized spacial score (nSPS) is 10.6. The van der Waals surface area contributed by atoms with E-state index in [2.05, 4.69) is 20.6 Å². The molecular formula is C19H17FN4O2. The van der Waals surface area contributed by atoms with Crippen LogP contribution < -0.4 is 10.6 Å². The highest BCUT2D eigenvalue weighted by molar-refractivity contribution is 6.06. The zero-order valence-electron chi connectivity index (χ0n) is 14.6. The summed E-state index contributed by atoms with van der Waals surface area (Å²) in [5, 5.41) is 5.06. The van der Waals surface area contributed by atoms with E-state index in [9.17, 15) is 14.0 Å². The van der Waals surface area contributed by atoms with Crippen LogP contribution in [0.2, 0.25) is 0 Å². The summed E-state index contributed by atoms with van der Waals surface area (Å²) in [4.78, 5) is 32.4. The molecule has 0 aliphatic carbocycles. The van der Waals surface area contributed by atoms with Crippen LogP contribution in [0.15, 0.2) is 36.4 Å².